The van der Waals surface area contributed by atoms with E-state index in [-0.39, 0.29) is 35.6 Å². The number of benzene rings is 1. The van der Waals surface area contributed by atoms with Crippen LogP contribution in [0.15, 0.2) is 34.2 Å². The Morgan fingerprint density at radius 2 is 1.89 bits per heavy atom. The van der Waals surface area contributed by atoms with E-state index in [4.69, 9.17) is 0 Å². The summed E-state index contributed by atoms with van der Waals surface area (Å²) >= 11 is 0. The van der Waals surface area contributed by atoms with Gasteiger partial charge < -0.3 is 10.2 Å². The second-order valence-electron chi connectivity index (χ2n) is 7.27. The highest BCUT2D eigenvalue weighted by molar-refractivity contribution is 7.90. The molecule has 1 amide bonds. The fourth-order valence-corrected chi connectivity index (χ4v) is 4.74. The fraction of sp³-hybridized carbons (Fsp3) is 0.556. The van der Waals surface area contributed by atoms with Crippen molar-refractivity contribution in [2.45, 2.75) is 36.6 Å². The van der Waals surface area contributed by atoms with Crippen molar-refractivity contribution in [3.63, 3.8) is 0 Å². The van der Waals surface area contributed by atoms with Gasteiger partial charge in [-0.05, 0) is 50.3 Å². The van der Waals surface area contributed by atoms with Crippen LogP contribution in [-0.4, -0.2) is 57.3 Å². The summed E-state index contributed by atoms with van der Waals surface area (Å²) in [7, 11) is -3.56. The van der Waals surface area contributed by atoms with E-state index in [1.54, 1.807) is 24.3 Å². The van der Waals surface area contributed by atoms with Crippen LogP contribution in [0, 0.1) is 5.92 Å². The Hall–Kier alpha value is -1.64. The number of piperidine rings is 1. The monoisotopic (exact) mass is 412 g/mol. The third kappa shape index (κ3) is 4.62. The van der Waals surface area contributed by atoms with E-state index in [1.165, 1.54) is 12.8 Å². The molecule has 0 aromatic heterocycles. The van der Waals surface area contributed by atoms with E-state index < -0.39 is 10.0 Å². The van der Waals surface area contributed by atoms with Crippen LogP contribution < -0.4 is 10.0 Å². The number of fused-ring (bicyclic) bond motifs is 1. The second-order valence-corrected chi connectivity index (χ2v) is 8.92. The molecule has 7 nitrogen and oxygen atoms in total. The van der Waals surface area contributed by atoms with Gasteiger partial charge in [-0.15, -0.1) is 12.4 Å². The number of likely N-dealkylation sites (tertiary alicyclic amines) is 1. The Morgan fingerprint density at radius 1 is 1.19 bits per heavy atom. The minimum atomic E-state index is -3.56. The molecule has 2 aliphatic heterocycles. The summed E-state index contributed by atoms with van der Waals surface area (Å²) in [5, 5.41) is 3.60. The molecule has 1 aromatic rings. The van der Waals surface area contributed by atoms with Crippen LogP contribution in [0.25, 0.3) is 0 Å². The largest absolute Gasteiger partial charge is 0.341 e. The van der Waals surface area contributed by atoms with E-state index in [0.29, 0.717) is 11.6 Å². The molecular formula is C18H25ClN4O3S. The van der Waals surface area contributed by atoms with Crippen molar-refractivity contribution in [1.82, 2.24) is 14.9 Å². The second kappa shape index (κ2) is 8.16. The summed E-state index contributed by atoms with van der Waals surface area (Å²) in [5.74, 6) is 1.07. The van der Waals surface area contributed by atoms with Crippen molar-refractivity contribution in [3.8, 4) is 0 Å². The van der Waals surface area contributed by atoms with Crippen LogP contribution in [0.3, 0.4) is 0 Å². The molecule has 0 unspecified atom stereocenters. The number of hydrogen-bond acceptors (Lipinski definition) is 5. The molecule has 27 heavy (non-hydrogen) atoms. The van der Waals surface area contributed by atoms with Crippen LogP contribution in [0.5, 0.6) is 0 Å². The molecule has 1 saturated heterocycles. The summed E-state index contributed by atoms with van der Waals surface area (Å²) in [6.45, 7) is 2.53. The lowest BCUT2D eigenvalue weighted by molar-refractivity contribution is -0.130. The van der Waals surface area contributed by atoms with Crippen molar-refractivity contribution in [2.75, 3.05) is 26.2 Å². The molecule has 1 aliphatic carbocycles. The first kappa shape index (κ1) is 20.1. The van der Waals surface area contributed by atoms with Crippen LogP contribution in [-0.2, 0) is 14.8 Å². The number of rotatable bonds is 5. The standard InChI is InChI=1S/C18H24N4O3S.ClH/c23-17(22-9-7-14(8-10-22)19-11-13-5-6-13)12-20-18-15-3-1-2-4-16(15)26(24,25)21-18;/h1-4,13-14,19H,5-12H2,(H,20,21);1H. The number of nitrogens with zero attached hydrogens (tertiary/aromatic N) is 2. The molecule has 9 heteroatoms. The number of amidine groups is 1. The maximum absolute atomic E-state index is 12.4. The van der Waals surface area contributed by atoms with Gasteiger partial charge in [-0.1, -0.05) is 12.1 Å². The number of nitrogens with one attached hydrogen (secondary N) is 2. The third-order valence-electron chi connectivity index (χ3n) is 5.27. The number of carbonyl (C=O) groups is 1. The summed E-state index contributed by atoms with van der Waals surface area (Å²) in [4.78, 5) is 18.7. The Bertz CT molecular complexity index is 831. The zero-order chi connectivity index (χ0) is 18.1. The average molecular weight is 413 g/mol. The molecule has 0 atom stereocenters. The number of halogens is 1. The van der Waals surface area contributed by atoms with Crippen LogP contribution in [0.1, 0.15) is 31.2 Å². The van der Waals surface area contributed by atoms with Crippen molar-refractivity contribution in [3.05, 3.63) is 29.8 Å². The molecule has 1 aromatic carbocycles. The van der Waals surface area contributed by atoms with Crippen LogP contribution in [0.2, 0.25) is 0 Å². The molecule has 0 spiro atoms. The lowest BCUT2D eigenvalue weighted by Gasteiger charge is -2.32. The van der Waals surface area contributed by atoms with Gasteiger partial charge in [-0.25, -0.2) is 8.42 Å². The molecule has 3 aliphatic rings. The number of hydrogen-bond donors (Lipinski definition) is 2. The third-order valence-corrected chi connectivity index (χ3v) is 6.67. The van der Waals surface area contributed by atoms with Crippen LogP contribution in [0.4, 0.5) is 0 Å². The van der Waals surface area contributed by atoms with Crippen molar-refractivity contribution in [2.24, 2.45) is 10.9 Å². The quantitative estimate of drug-likeness (QED) is 0.758. The maximum Gasteiger partial charge on any atom is 0.263 e. The first-order valence-corrected chi connectivity index (χ1v) is 10.7. The van der Waals surface area contributed by atoms with Gasteiger partial charge in [0, 0.05) is 24.7 Å². The minimum absolute atomic E-state index is 0. The number of aliphatic imine (C=N–C) groups is 1. The molecule has 148 valence electrons. The fourth-order valence-electron chi connectivity index (χ4n) is 3.49. The lowest BCUT2D eigenvalue weighted by Crippen LogP contribution is -2.46. The first-order chi connectivity index (χ1) is 12.5. The van der Waals surface area contributed by atoms with Gasteiger partial charge in [-0.3, -0.25) is 14.5 Å². The number of carbonyl (C=O) groups excluding carboxylic acids is 1. The Morgan fingerprint density at radius 3 is 2.59 bits per heavy atom. The lowest BCUT2D eigenvalue weighted by atomic mass is 10.0. The van der Waals surface area contributed by atoms with Gasteiger partial charge in [0.2, 0.25) is 5.91 Å². The Balaban J connectivity index is 0.00000210. The summed E-state index contributed by atoms with van der Waals surface area (Å²) in [6.07, 6.45) is 4.62. The van der Waals surface area contributed by atoms with Crippen molar-refractivity contribution in [1.29, 1.82) is 0 Å². The van der Waals surface area contributed by atoms with Gasteiger partial charge in [0.25, 0.3) is 10.0 Å². The zero-order valence-electron chi connectivity index (χ0n) is 15.1. The molecule has 4 rings (SSSR count). The predicted molar refractivity (Wildman–Crippen MR) is 106 cm³/mol. The SMILES string of the molecule is Cl.O=C(CN=C1NS(=O)(=O)c2ccccc21)N1CCC(NCC2CC2)CC1. The smallest absolute Gasteiger partial charge is 0.263 e. The first-order valence-electron chi connectivity index (χ1n) is 9.21. The predicted octanol–water partition coefficient (Wildman–Crippen LogP) is 1.14. The van der Waals surface area contributed by atoms with Crippen molar-refractivity contribution >= 4 is 34.2 Å². The highest BCUT2D eigenvalue weighted by Crippen LogP contribution is 2.28. The van der Waals surface area contributed by atoms with E-state index >= 15 is 0 Å². The van der Waals surface area contributed by atoms with Gasteiger partial charge in [-0.2, -0.15) is 0 Å². The van der Waals surface area contributed by atoms with E-state index in [9.17, 15) is 13.2 Å². The summed E-state index contributed by atoms with van der Waals surface area (Å²) in [6, 6.07) is 7.18. The van der Waals surface area contributed by atoms with Gasteiger partial charge >= 0.3 is 0 Å². The van der Waals surface area contributed by atoms with E-state index in [2.05, 4.69) is 15.0 Å². The topological polar surface area (TPSA) is 90.9 Å². The Kier molecular flexibility index (Phi) is 6.08. The maximum atomic E-state index is 12.4. The summed E-state index contributed by atoms with van der Waals surface area (Å²) < 4.78 is 26.6. The molecule has 0 bridgehead atoms. The molecule has 2 N–H and O–H groups in total. The minimum Gasteiger partial charge on any atom is -0.341 e. The zero-order valence-corrected chi connectivity index (χ0v) is 16.7. The van der Waals surface area contributed by atoms with Crippen molar-refractivity contribution < 1.29 is 13.2 Å². The number of amides is 1. The molecule has 1 saturated carbocycles. The average Bonchev–Trinajstić information content (AvgIpc) is 3.44. The molecule has 2 heterocycles. The Labute approximate surface area is 166 Å². The number of sulfonamides is 1. The molecule has 2 fully saturated rings. The highest BCUT2D eigenvalue weighted by Gasteiger charge is 2.31. The normalized spacial score (nSPS) is 22.8. The van der Waals surface area contributed by atoms with Gasteiger partial charge in [0.05, 0.1) is 4.90 Å². The van der Waals surface area contributed by atoms with Gasteiger partial charge in [0.1, 0.15) is 12.4 Å². The van der Waals surface area contributed by atoms with Crippen LogP contribution >= 0.6 is 12.4 Å². The van der Waals surface area contributed by atoms with E-state index in [1.807, 2.05) is 4.90 Å². The molecule has 0 radical (unpaired) electrons. The highest BCUT2D eigenvalue weighted by atomic mass is 35.5. The van der Waals surface area contributed by atoms with E-state index in [0.717, 1.165) is 38.4 Å². The molecular weight excluding hydrogens is 388 g/mol. The summed E-state index contributed by atoms with van der Waals surface area (Å²) in [5.41, 5.74) is 0.531. The van der Waals surface area contributed by atoms with Gasteiger partial charge in [0.15, 0.2) is 0 Å².